The summed E-state index contributed by atoms with van der Waals surface area (Å²) in [5.74, 6) is -0.171. The van der Waals surface area contributed by atoms with Crippen molar-refractivity contribution in [2.75, 3.05) is 40.9 Å². The fourth-order valence-electron chi connectivity index (χ4n) is 10.3. The molecule has 0 bridgehead atoms. The maximum atomic E-state index is 13.0. The van der Waals surface area contributed by atoms with E-state index in [1.54, 1.807) is 6.08 Å². The molecular formula is C68H134N2O6P+. The summed E-state index contributed by atoms with van der Waals surface area (Å²) in [6, 6.07) is -0.846. The van der Waals surface area contributed by atoms with E-state index in [9.17, 15) is 19.4 Å². The van der Waals surface area contributed by atoms with Crippen molar-refractivity contribution in [3.05, 3.63) is 36.5 Å². The van der Waals surface area contributed by atoms with Gasteiger partial charge in [0.25, 0.3) is 0 Å². The number of aliphatic hydroxyl groups excluding tert-OH is 1. The first-order valence-corrected chi connectivity index (χ1v) is 35.4. The zero-order valence-corrected chi connectivity index (χ0v) is 53.1. The van der Waals surface area contributed by atoms with Gasteiger partial charge in [0.1, 0.15) is 13.2 Å². The summed E-state index contributed by atoms with van der Waals surface area (Å²) in [5, 5.41) is 14.0. The number of phosphoric ester groups is 1. The molecule has 456 valence electrons. The molecule has 1 amide bonds. The van der Waals surface area contributed by atoms with Gasteiger partial charge in [-0.2, -0.15) is 0 Å². The molecule has 3 atom stereocenters. The predicted octanol–water partition coefficient (Wildman–Crippen LogP) is 21.3. The Bertz CT molecular complexity index is 1350. The Morgan fingerprint density at radius 2 is 0.740 bits per heavy atom. The number of nitrogens with zero attached hydrogens (tertiary/aromatic N) is 1. The third-order valence-corrected chi connectivity index (χ3v) is 16.6. The van der Waals surface area contributed by atoms with Crippen molar-refractivity contribution in [2.45, 2.75) is 353 Å². The third-order valence-electron chi connectivity index (χ3n) is 15.6. The third kappa shape index (κ3) is 62.2. The summed E-state index contributed by atoms with van der Waals surface area (Å²) in [6.45, 7) is 4.87. The Labute approximate surface area is 480 Å². The number of quaternary nitrogens is 1. The van der Waals surface area contributed by atoms with Crippen molar-refractivity contribution >= 4 is 13.7 Å². The van der Waals surface area contributed by atoms with Crippen LogP contribution in [-0.2, 0) is 18.4 Å². The molecular weight excluding hydrogens is 972 g/mol. The molecule has 0 aliphatic rings. The molecule has 8 nitrogen and oxygen atoms in total. The molecule has 0 heterocycles. The van der Waals surface area contributed by atoms with Crippen LogP contribution in [0, 0.1) is 0 Å². The first kappa shape index (κ1) is 75.7. The molecule has 0 aromatic carbocycles. The second kappa shape index (κ2) is 59.3. The minimum absolute atomic E-state index is 0.0631. The van der Waals surface area contributed by atoms with Gasteiger partial charge in [0.2, 0.25) is 5.91 Å². The average molecular weight is 1110 g/mol. The standard InChI is InChI=1S/C68H133N2O6P/c1-6-8-10-12-14-16-18-20-22-24-26-28-29-30-31-32-33-34-35-36-37-38-39-40-41-42-44-46-48-50-52-54-56-58-60-62-68(72)69-66(65-76-77(73,74)75-64-63-70(3,4)5)67(71)61-59-57-55-53-51-49-47-45-43-27-25-23-21-19-17-15-13-11-9-7-2/h29-30,32-33,59,61,66-67,71H,6-28,31,34-58,60,62-65H2,1-5H3,(H-,69,72,73,74)/p+1/b30-29-,33-32-,61-59+. The van der Waals surface area contributed by atoms with Gasteiger partial charge in [-0.1, -0.05) is 320 Å². The minimum Gasteiger partial charge on any atom is -0.387 e. The van der Waals surface area contributed by atoms with Crippen LogP contribution in [0.25, 0.3) is 0 Å². The van der Waals surface area contributed by atoms with Crippen LogP contribution >= 0.6 is 7.82 Å². The van der Waals surface area contributed by atoms with Crippen LogP contribution in [0.2, 0.25) is 0 Å². The van der Waals surface area contributed by atoms with Crippen molar-refractivity contribution in [3.63, 3.8) is 0 Å². The van der Waals surface area contributed by atoms with E-state index >= 15 is 0 Å². The van der Waals surface area contributed by atoms with Gasteiger partial charge in [-0.3, -0.25) is 13.8 Å². The van der Waals surface area contributed by atoms with Gasteiger partial charge in [0.15, 0.2) is 0 Å². The number of hydrogen-bond acceptors (Lipinski definition) is 5. The fraction of sp³-hybridized carbons (Fsp3) is 0.897. The Hall–Kier alpha value is -1.28. The van der Waals surface area contributed by atoms with Crippen molar-refractivity contribution in [1.82, 2.24) is 5.32 Å². The Balaban J connectivity index is 4.01. The van der Waals surface area contributed by atoms with Crippen LogP contribution in [0.15, 0.2) is 36.5 Å². The topological polar surface area (TPSA) is 105 Å². The van der Waals surface area contributed by atoms with Crippen LogP contribution in [-0.4, -0.2) is 73.4 Å². The summed E-state index contributed by atoms with van der Waals surface area (Å²) in [4.78, 5) is 23.4. The highest BCUT2D eigenvalue weighted by atomic mass is 31.2. The normalized spacial score (nSPS) is 13.9. The number of rotatable bonds is 63. The molecule has 0 aliphatic carbocycles. The van der Waals surface area contributed by atoms with E-state index in [1.807, 2.05) is 27.2 Å². The van der Waals surface area contributed by atoms with Crippen molar-refractivity contribution in [3.8, 4) is 0 Å². The Morgan fingerprint density at radius 3 is 1.06 bits per heavy atom. The molecule has 0 aliphatic heterocycles. The molecule has 9 heteroatoms. The van der Waals surface area contributed by atoms with E-state index < -0.39 is 20.0 Å². The number of carbonyl (C=O) groups excluding carboxylic acids is 1. The molecule has 0 aromatic heterocycles. The summed E-state index contributed by atoms with van der Waals surface area (Å²) >= 11 is 0. The highest BCUT2D eigenvalue weighted by Crippen LogP contribution is 2.43. The van der Waals surface area contributed by atoms with E-state index in [4.69, 9.17) is 9.05 Å². The quantitative estimate of drug-likeness (QED) is 0.0243. The lowest BCUT2D eigenvalue weighted by Gasteiger charge is -2.25. The molecule has 3 N–H and O–H groups in total. The molecule has 77 heavy (non-hydrogen) atoms. The van der Waals surface area contributed by atoms with Crippen molar-refractivity contribution in [2.24, 2.45) is 0 Å². The van der Waals surface area contributed by atoms with Gasteiger partial charge >= 0.3 is 7.82 Å². The number of likely N-dealkylation sites (N-methyl/N-ethyl adjacent to an activating group) is 1. The number of amides is 1. The zero-order valence-electron chi connectivity index (χ0n) is 52.2. The smallest absolute Gasteiger partial charge is 0.387 e. The van der Waals surface area contributed by atoms with Gasteiger partial charge in [-0.25, -0.2) is 4.57 Å². The van der Waals surface area contributed by atoms with E-state index in [-0.39, 0.29) is 19.1 Å². The SMILES string of the molecule is CCCCCCCCCCCCC/C=C\C/C=C\CCCCCCCCCCCCCCCCCCCC(=O)NC(COP(=O)(O)OCC[N+](C)(C)C)C(O)/C=C/CCCCCCCCCCCCCCCCCCCC. The number of carbonyl (C=O) groups is 1. The molecule has 0 radical (unpaired) electrons. The second-order valence-corrected chi connectivity index (χ2v) is 26.0. The monoisotopic (exact) mass is 1110 g/mol. The number of allylic oxidation sites excluding steroid dienone is 5. The van der Waals surface area contributed by atoms with Crippen LogP contribution in [0.1, 0.15) is 341 Å². The minimum atomic E-state index is -4.35. The second-order valence-electron chi connectivity index (χ2n) is 24.6. The molecule has 0 saturated carbocycles. The van der Waals surface area contributed by atoms with Crippen LogP contribution in [0.5, 0.6) is 0 Å². The summed E-state index contributed by atoms with van der Waals surface area (Å²) in [5.41, 5.74) is 0. The molecule has 0 spiro atoms. The van der Waals surface area contributed by atoms with E-state index in [0.717, 1.165) is 44.9 Å². The lowest BCUT2D eigenvalue weighted by Crippen LogP contribution is -2.45. The number of phosphoric acid groups is 1. The van der Waals surface area contributed by atoms with Gasteiger partial charge in [0.05, 0.1) is 39.9 Å². The van der Waals surface area contributed by atoms with Gasteiger partial charge in [-0.05, 0) is 51.4 Å². The molecule has 0 fully saturated rings. The zero-order chi connectivity index (χ0) is 56.3. The van der Waals surface area contributed by atoms with E-state index in [0.29, 0.717) is 17.4 Å². The Kier molecular flexibility index (Phi) is 58.4. The maximum absolute atomic E-state index is 13.0. The van der Waals surface area contributed by atoms with Crippen LogP contribution < -0.4 is 5.32 Å². The first-order valence-electron chi connectivity index (χ1n) is 33.9. The fourth-order valence-corrected chi connectivity index (χ4v) is 11.0. The van der Waals surface area contributed by atoms with Crippen LogP contribution in [0.4, 0.5) is 0 Å². The van der Waals surface area contributed by atoms with Crippen LogP contribution in [0.3, 0.4) is 0 Å². The maximum Gasteiger partial charge on any atom is 0.472 e. The Morgan fingerprint density at radius 1 is 0.442 bits per heavy atom. The lowest BCUT2D eigenvalue weighted by atomic mass is 10.0. The van der Waals surface area contributed by atoms with Gasteiger partial charge in [-0.15, -0.1) is 0 Å². The van der Waals surface area contributed by atoms with Crippen molar-refractivity contribution in [1.29, 1.82) is 0 Å². The number of unbranched alkanes of at least 4 members (excludes halogenated alkanes) is 46. The molecule has 3 unspecified atom stereocenters. The number of aliphatic hydroxyl groups is 1. The summed E-state index contributed by atoms with van der Waals surface area (Å²) in [6.07, 6.45) is 78.5. The number of hydrogen-bond donors (Lipinski definition) is 3. The lowest BCUT2D eigenvalue weighted by molar-refractivity contribution is -0.870. The van der Waals surface area contributed by atoms with E-state index in [2.05, 4.69) is 43.5 Å². The average Bonchev–Trinajstić information content (AvgIpc) is 3.39. The summed E-state index contributed by atoms with van der Waals surface area (Å²) < 4.78 is 23.8. The van der Waals surface area contributed by atoms with E-state index in [1.165, 1.54) is 276 Å². The molecule has 0 rings (SSSR count). The molecule has 0 aromatic rings. The largest absolute Gasteiger partial charge is 0.472 e. The van der Waals surface area contributed by atoms with Gasteiger partial charge in [0, 0.05) is 6.42 Å². The number of nitrogens with one attached hydrogen (secondary N) is 1. The molecule has 0 saturated heterocycles. The first-order chi connectivity index (χ1) is 37.5. The highest BCUT2D eigenvalue weighted by molar-refractivity contribution is 7.47. The van der Waals surface area contributed by atoms with Crippen molar-refractivity contribution < 1.29 is 32.9 Å². The van der Waals surface area contributed by atoms with Gasteiger partial charge < -0.3 is 19.8 Å². The highest BCUT2D eigenvalue weighted by Gasteiger charge is 2.28. The summed E-state index contributed by atoms with van der Waals surface area (Å²) in [7, 11) is 1.59. The predicted molar refractivity (Wildman–Crippen MR) is 337 cm³/mol.